The average molecular weight is 324 g/mol. The van der Waals surface area contributed by atoms with Crippen molar-refractivity contribution in [3.8, 4) is 0 Å². The van der Waals surface area contributed by atoms with Crippen LogP contribution < -0.4 is 10.6 Å². The molecule has 0 heterocycles. The highest BCUT2D eigenvalue weighted by atomic mass is 32.2. The molecule has 0 spiro atoms. The van der Waals surface area contributed by atoms with Crippen LogP contribution in [-0.4, -0.2) is 32.7 Å². The second kappa shape index (κ2) is 7.24. The summed E-state index contributed by atoms with van der Waals surface area (Å²) in [7, 11) is -3.14. The van der Waals surface area contributed by atoms with Crippen LogP contribution in [0.4, 0.5) is 5.69 Å². The van der Waals surface area contributed by atoms with E-state index in [9.17, 15) is 13.2 Å². The van der Waals surface area contributed by atoms with Gasteiger partial charge in [0.25, 0.3) is 0 Å². The van der Waals surface area contributed by atoms with Crippen LogP contribution in [0.15, 0.2) is 24.3 Å². The van der Waals surface area contributed by atoms with Gasteiger partial charge in [0.2, 0.25) is 5.91 Å². The highest BCUT2D eigenvalue weighted by molar-refractivity contribution is 7.91. The van der Waals surface area contributed by atoms with Gasteiger partial charge >= 0.3 is 0 Å². The zero-order chi connectivity index (χ0) is 16.2. The molecule has 1 fully saturated rings. The van der Waals surface area contributed by atoms with E-state index in [2.05, 4.69) is 10.6 Å². The summed E-state index contributed by atoms with van der Waals surface area (Å²) in [5.41, 5.74) is 1.33. The van der Waals surface area contributed by atoms with Gasteiger partial charge in [-0.05, 0) is 56.8 Å². The third-order valence-corrected chi connectivity index (χ3v) is 5.88. The lowest BCUT2D eigenvalue weighted by Crippen LogP contribution is -2.29. The Morgan fingerprint density at radius 2 is 2.05 bits per heavy atom. The Balaban J connectivity index is 1.88. The van der Waals surface area contributed by atoms with Gasteiger partial charge in [-0.15, -0.1) is 0 Å². The summed E-state index contributed by atoms with van der Waals surface area (Å²) >= 11 is 0. The van der Waals surface area contributed by atoms with Crippen LogP contribution in [0.3, 0.4) is 0 Å². The van der Waals surface area contributed by atoms with Crippen molar-refractivity contribution in [2.75, 3.05) is 18.4 Å². The molecule has 2 rings (SSSR count). The van der Waals surface area contributed by atoms with Gasteiger partial charge in [0.15, 0.2) is 9.84 Å². The molecule has 1 saturated carbocycles. The fraction of sp³-hybridized carbons (Fsp3) is 0.562. The maximum atomic E-state index is 11.9. The Morgan fingerprint density at radius 1 is 1.32 bits per heavy atom. The summed E-state index contributed by atoms with van der Waals surface area (Å²) < 4.78 is 23.9. The summed E-state index contributed by atoms with van der Waals surface area (Å²) in [6.45, 7) is 4.52. The van der Waals surface area contributed by atoms with E-state index in [1.807, 2.05) is 0 Å². The van der Waals surface area contributed by atoms with E-state index in [-0.39, 0.29) is 18.2 Å². The molecule has 1 aromatic rings. The largest absolute Gasteiger partial charge is 0.325 e. The smallest absolute Gasteiger partial charge is 0.238 e. The minimum atomic E-state index is -3.14. The number of nitrogens with one attached hydrogen (secondary N) is 2. The van der Waals surface area contributed by atoms with Gasteiger partial charge in [0, 0.05) is 5.69 Å². The standard InChI is InChI=1S/C16H24N2O3S/c1-12(2)22(20,21)11-14-4-3-5-15(8-14)18-16(19)10-17-9-13-6-7-13/h3-5,8,12-13,17H,6-7,9-11H2,1-2H3,(H,18,19). The molecule has 0 aromatic heterocycles. The van der Waals surface area contributed by atoms with E-state index < -0.39 is 15.1 Å². The van der Waals surface area contributed by atoms with Gasteiger partial charge in [-0.25, -0.2) is 8.42 Å². The average Bonchev–Trinajstić information content (AvgIpc) is 3.22. The van der Waals surface area contributed by atoms with Crippen molar-refractivity contribution in [3.63, 3.8) is 0 Å². The van der Waals surface area contributed by atoms with E-state index in [4.69, 9.17) is 0 Å². The number of hydrogen-bond acceptors (Lipinski definition) is 4. The first-order valence-electron chi connectivity index (χ1n) is 7.68. The minimum Gasteiger partial charge on any atom is -0.325 e. The summed E-state index contributed by atoms with van der Waals surface area (Å²) in [6.07, 6.45) is 2.50. The molecule has 0 atom stereocenters. The fourth-order valence-corrected chi connectivity index (χ4v) is 3.03. The lowest BCUT2D eigenvalue weighted by Gasteiger charge is -2.10. The van der Waals surface area contributed by atoms with Crippen molar-refractivity contribution in [2.24, 2.45) is 5.92 Å². The van der Waals surface area contributed by atoms with Crippen LogP contribution in [0.2, 0.25) is 0 Å². The molecule has 0 bridgehead atoms. The molecule has 1 amide bonds. The van der Waals surface area contributed by atoms with Crippen LogP contribution in [0.5, 0.6) is 0 Å². The van der Waals surface area contributed by atoms with Gasteiger partial charge < -0.3 is 10.6 Å². The number of sulfone groups is 1. The molecule has 1 aromatic carbocycles. The maximum absolute atomic E-state index is 11.9. The molecule has 5 nitrogen and oxygen atoms in total. The Morgan fingerprint density at radius 3 is 2.68 bits per heavy atom. The van der Waals surface area contributed by atoms with E-state index in [1.165, 1.54) is 12.8 Å². The first-order valence-corrected chi connectivity index (χ1v) is 9.39. The first kappa shape index (κ1) is 17.0. The van der Waals surface area contributed by atoms with Crippen molar-refractivity contribution in [1.82, 2.24) is 5.32 Å². The molecule has 0 unspecified atom stereocenters. The number of rotatable bonds is 8. The van der Waals surface area contributed by atoms with Gasteiger partial charge in [-0.3, -0.25) is 4.79 Å². The summed E-state index contributed by atoms with van der Waals surface area (Å²) in [4.78, 5) is 11.8. The minimum absolute atomic E-state index is 0.00565. The molecular formula is C16H24N2O3S. The zero-order valence-corrected chi connectivity index (χ0v) is 13.9. The molecule has 22 heavy (non-hydrogen) atoms. The SMILES string of the molecule is CC(C)S(=O)(=O)Cc1cccc(NC(=O)CNCC2CC2)c1. The molecule has 1 aliphatic rings. The van der Waals surface area contributed by atoms with Crippen molar-refractivity contribution < 1.29 is 13.2 Å². The molecule has 6 heteroatoms. The number of amides is 1. The Labute approximate surface area is 132 Å². The van der Waals surface area contributed by atoms with Gasteiger partial charge in [-0.1, -0.05) is 12.1 Å². The van der Waals surface area contributed by atoms with Crippen molar-refractivity contribution in [1.29, 1.82) is 0 Å². The normalized spacial score (nSPS) is 15.0. The Hall–Kier alpha value is -1.40. The zero-order valence-electron chi connectivity index (χ0n) is 13.1. The van der Waals surface area contributed by atoms with Gasteiger partial charge in [0.1, 0.15) is 0 Å². The highest BCUT2D eigenvalue weighted by Crippen LogP contribution is 2.27. The van der Waals surface area contributed by atoms with E-state index in [0.717, 1.165) is 12.5 Å². The Bertz CT molecular complexity index is 622. The lowest BCUT2D eigenvalue weighted by atomic mass is 10.2. The topological polar surface area (TPSA) is 75.3 Å². The third kappa shape index (κ3) is 5.42. The number of anilines is 1. The van der Waals surface area contributed by atoms with Crippen LogP contribution in [0, 0.1) is 5.92 Å². The molecule has 122 valence electrons. The number of hydrogen-bond donors (Lipinski definition) is 2. The summed E-state index contributed by atoms with van der Waals surface area (Å²) in [5.74, 6) is 0.621. The highest BCUT2D eigenvalue weighted by Gasteiger charge is 2.20. The fourth-order valence-electron chi connectivity index (χ4n) is 2.05. The lowest BCUT2D eigenvalue weighted by molar-refractivity contribution is -0.115. The van der Waals surface area contributed by atoms with Crippen LogP contribution in [0.1, 0.15) is 32.3 Å². The van der Waals surface area contributed by atoms with Crippen LogP contribution in [0.25, 0.3) is 0 Å². The van der Waals surface area contributed by atoms with Gasteiger partial charge in [-0.2, -0.15) is 0 Å². The number of benzene rings is 1. The van der Waals surface area contributed by atoms with Crippen molar-refractivity contribution >= 4 is 21.4 Å². The quantitative estimate of drug-likeness (QED) is 0.766. The van der Waals surface area contributed by atoms with E-state index >= 15 is 0 Å². The monoisotopic (exact) mass is 324 g/mol. The number of carbonyl (C=O) groups excluding carboxylic acids is 1. The predicted octanol–water partition coefficient (Wildman–Crippen LogP) is 1.95. The third-order valence-electron chi connectivity index (χ3n) is 3.71. The molecule has 2 N–H and O–H groups in total. The number of carbonyl (C=O) groups is 1. The maximum Gasteiger partial charge on any atom is 0.238 e. The van der Waals surface area contributed by atoms with Crippen LogP contribution in [-0.2, 0) is 20.4 Å². The van der Waals surface area contributed by atoms with E-state index in [1.54, 1.807) is 38.1 Å². The molecule has 0 radical (unpaired) electrons. The van der Waals surface area contributed by atoms with Crippen molar-refractivity contribution in [3.05, 3.63) is 29.8 Å². The predicted molar refractivity (Wildman–Crippen MR) is 88.4 cm³/mol. The molecular weight excluding hydrogens is 300 g/mol. The first-order chi connectivity index (χ1) is 10.4. The second-order valence-electron chi connectivity index (χ2n) is 6.18. The summed E-state index contributed by atoms with van der Waals surface area (Å²) in [5, 5.41) is 5.52. The second-order valence-corrected chi connectivity index (χ2v) is 8.74. The Kier molecular flexibility index (Phi) is 5.58. The van der Waals surface area contributed by atoms with Gasteiger partial charge in [0.05, 0.1) is 17.5 Å². The van der Waals surface area contributed by atoms with E-state index in [0.29, 0.717) is 11.3 Å². The molecule has 0 aliphatic heterocycles. The summed E-state index contributed by atoms with van der Waals surface area (Å²) in [6, 6.07) is 7.02. The van der Waals surface area contributed by atoms with Crippen LogP contribution >= 0.6 is 0 Å². The van der Waals surface area contributed by atoms with Crippen molar-refractivity contribution in [2.45, 2.75) is 37.7 Å². The molecule has 1 aliphatic carbocycles. The molecule has 0 saturated heterocycles.